The summed E-state index contributed by atoms with van der Waals surface area (Å²) in [6.07, 6.45) is 4.96. The van der Waals surface area contributed by atoms with Crippen LogP contribution in [0, 0.1) is 10.1 Å². The van der Waals surface area contributed by atoms with Gasteiger partial charge in [-0.05, 0) is 25.3 Å². The van der Waals surface area contributed by atoms with Gasteiger partial charge in [-0.15, -0.1) is 0 Å². The Labute approximate surface area is 99.1 Å². The van der Waals surface area contributed by atoms with Crippen LogP contribution in [0.3, 0.4) is 0 Å². The molecule has 0 saturated carbocycles. The van der Waals surface area contributed by atoms with Gasteiger partial charge in [0.25, 0.3) is 5.69 Å². The van der Waals surface area contributed by atoms with Gasteiger partial charge in [-0.25, -0.2) is 0 Å². The molecule has 0 saturated heterocycles. The zero-order valence-corrected chi connectivity index (χ0v) is 9.39. The lowest BCUT2D eigenvalue weighted by Crippen LogP contribution is -2.03. The lowest BCUT2D eigenvalue weighted by atomic mass is 9.98. The van der Waals surface area contributed by atoms with Crippen molar-refractivity contribution >= 4 is 17.0 Å². The standard InChI is InChI=1S/C13H13NO3/c15-13-9-3-1-2-7-11(13)10-6-4-5-8-12(10)14(16)17/h4-8H,1-3,9H2. The highest BCUT2D eigenvalue weighted by atomic mass is 16.6. The number of para-hydroxylation sites is 1. The zero-order chi connectivity index (χ0) is 12.3. The molecular formula is C13H13NO3. The summed E-state index contributed by atoms with van der Waals surface area (Å²) in [5.41, 5.74) is 0.966. The highest BCUT2D eigenvalue weighted by Gasteiger charge is 2.21. The number of Topliss-reactive ketones (excluding diaryl/α,β-unsaturated/α-hetero) is 1. The third-order valence-electron chi connectivity index (χ3n) is 2.90. The molecule has 0 spiro atoms. The summed E-state index contributed by atoms with van der Waals surface area (Å²) in [4.78, 5) is 22.4. The summed E-state index contributed by atoms with van der Waals surface area (Å²) in [5, 5.41) is 10.9. The van der Waals surface area contributed by atoms with Crippen LogP contribution in [0.25, 0.3) is 5.57 Å². The second kappa shape index (κ2) is 4.91. The minimum Gasteiger partial charge on any atom is -0.294 e. The Bertz CT molecular complexity index is 491. The molecule has 2 rings (SSSR count). The van der Waals surface area contributed by atoms with E-state index in [0.717, 1.165) is 19.3 Å². The van der Waals surface area contributed by atoms with Gasteiger partial charge in [0.2, 0.25) is 0 Å². The quantitative estimate of drug-likeness (QED) is 0.580. The Morgan fingerprint density at radius 3 is 2.71 bits per heavy atom. The molecule has 0 unspecified atom stereocenters. The molecule has 4 heteroatoms. The van der Waals surface area contributed by atoms with E-state index in [1.54, 1.807) is 18.2 Å². The number of allylic oxidation sites excluding steroid dienone is 2. The van der Waals surface area contributed by atoms with Crippen molar-refractivity contribution in [2.75, 3.05) is 0 Å². The second-order valence-corrected chi connectivity index (χ2v) is 4.06. The number of hydrogen-bond acceptors (Lipinski definition) is 3. The maximum atomic E-state index is 11.9. The molecule has 0 atom stereocenters. The minimum absolute atomic E-state index is 0.00833. The van der Waals surface area contributed by atoms with Crippen molar-refractivity contribution in [1.29, 1.82) is 0 Å². The smallest absolute Gasteiger partial charge is 0.277 e. The number of carbonyl (C=O) groups is 1. The molecule has 17 heavy (non-hydrogen) atoms. The first-order chi connectivity index (χ1) is 8.20. The van der Waals surface area contributed by atoms with Crippen LogP contribution in [-0.2, 0) is 4.79 Å². The molecular weight excluding hydrogens is 218 g/mol. The van der Waals surface area contributed by atoms with Crippen molar-refractivity contribution in [3.05, 3.63) is 46.0 Å². The molecule has 1 aromatic rings. The molecule has 0 fully saturated rings. The topological polar surface area (TPSA) is 60.2 Å². The van der Waals surface area contributed by atoms with Crippen molar-refractivity contribution in [2.45, 2.75) is 25.7 Å². The molecule has 0 aliphatic heterocycles. The van der Waals surface area contributed by atoms with Crippen LogP contribution in [0.4, 0.5) is 5.69 Å². The molecule has 0 amide bonds. The van der Waals surface area contributed by atoms with Crippen LogP contribution >= 0.6 is 0 Å². The van der Waals surface area contributed by atoms with Crippen molar-refractivity contribution < 1.29 is 9.72 Å². The molecule has 1 aliphatic rings. The Balaban J connectivity index is 2.48. The molecule has 1 aliphatic carbocycles. The number of carbonyl (C=O) groups excluding carboxylic acids is 1. The molecule has 0 N–H and O–H groups in total. The van der Waals surface area contributed by atoms with Crippen LogP contribution in [0.15, 0.2) is 30.3 Å². The zero-order valence-electron chi connectivity index (χ0n) is 9.39. The third-order valence-corrected chi connectivity index (χ3v) is 2.90. The van der Waals surface area contributed by atoms with Crippen molar-refractivity contribution in [1.82, 2.24) is 0 Å². The van der Waals surface area contributed by atoms with Crippen LogP contribution in [0.2, 0.25) is 0 Å². The van der Waals surface area contributed by atoms with E-state index in [2.05, 4.69) is 0 Å². The van der Waals surface area contributed by atoms with Gasteiger partial charge < -0.3 is 0 Å². The Morgan fingerprint density at radius 2 is 1.94 bits per heavy atom. The summed E-state index contributed by atoms with van der Waals surface area (Å²) in [7, 11) is 0. The fourth-order valence-electron chi connectivity index (χ4n) is 2.05. The summed E-state index contributed by atoms with van der Waals surface area (Å²) in [6.45, 7) is 0. The summed E-state index contributed by atoms with van der Waals surface area (Å²) in [6, 6.07) is 6.42. The number of hydrogen-bond donors (Lipinski definition) is 0. The van der Waals surface area contributed by atoms with Gasteiger partial charge in [-0.1, -0.05) is 18.2 Å². The Morgan fingerprint density at radius 1 is 1.18 bits per heavy atom. The van der Waals surface area contributed by atoms with Crippen molar-refractivity contribution in [3.8, 4) is 0 Å². The van der Waals surface area contributed by atoms with E-state index in [4.69, 9.17) is 0 Å². The first-order valence-electron chi connectivity index (χ1n) is 5.67. The van der Waals surface area contributed by atoms with E-state index in [1.807, 2.05) is 6.08 Å². The number of rotatable bonds is 2. The number of ketones is 1. The maximum absolute atomic E-state index is 11.9. The molecule has 0 radical (unpaired) electrons. The van der Waals surface area contributed by atoms with Crippen LogP contribution in [-0.4, -0.2) is 10.7 Å². The van der Waals surface area contributed by atoms with E-state index in [9.17, 15) is 14.9 Å². The number of benzene rings is 1. The van der Waals surface area contributed by atoms with E-state index in [0.29, 0.717) is 17.6 Å². The molecule has 4 nitrogen and oxygen atoms in total. The van der Waals surface area contributed by atoms with E-state index in [-0.39, 0.29) is 11.5 Å². The van der Waals surface area contributed by atoms with Crippen molar-refractivity contribution in [3.63, 3.8) is 0 Å². The molecule has 0 heterocycles. The van der Waals surface area contributed by atoms with Gasteiger partial charge in [-0.3, -0.25) is 14.9 Å². The molecule has 1 aromatic carbocycles. The lowest BCUT2D eigenvalue weighted by molar-refractivity contribution is -0.385. The molecule has 0 aromatic heterocycles. The second-order valence-electron chi connectivity index (χ2n) is 4.06. The summed E-state index contributed by atoms with van der Waals surface area (Å²) in [5.74, 6) is 0.0109. The monoisotopic (exact) mass is 231 g/mol. The van der Waals surface area contributed by atoms with Gasteiger partial charge in [0.1, 0.15) is 0 Å². The number of nitro groups is 1. The third kappa shape index (κ3) is 2.41. The Hall–Kier alpha value is -1.97. The summed E-state index contributed by atoms with van der Waals surface area (Å²) >= 11 is 0. The predicted octanol–water partition coefficient (Wildman–Crippen LogP) is 3.12. The summed E-state index contributed by atoms with van der Waals surface area (Å²) < 4.78 is 0. The van der Waals surface area contributed by atoms with Gasteiger partial charge in [-0.2, -0.15) is 0 Å². The van der Waals surface area contributed by atoms with Gasteiger partial charge in [0, 0.05) is 18.1 Å². The maximum Gasteiger partial charge on any atom is 0.277 e. The van der Waals surface area contributed by atoms with Crippen molar-refractivity contribution in [2.24, 2.45) is 0 Å². The number of nitrogens with zero attached hydrogens (tertiary/aromatic N) is 1. The fourth-order valence-corrected chi connectivity index (χ4v) is 2.05. The highest BCUT2D eigenvalue weighted by molar-refractivity contribution is 6.21. The number of nitro benzene ring substituents is 1. The molecule has 88 valence electrons. The first-order valence-corrected chi connectivity index (χ1v) is 5.67. The minimum atomic E-state index is -0.436. The van der Waals surface area contributed by atoms with Crippen LogP contribution in [0.1, 0.15) is 31.2 Å². The van der Waals surface area contributed by atoms with Gasteiger partial charge in [0.15, 0.2) is 5.78 Å². The molecule has 0 bridgehead atoms. The van der Waals surface area contributed by atoms with Gasteiger partial charge >= 0.3 is 0 Å². The average Bonchev–Trinajstić information content (AvgIpc) is 2.54. The largest absolute Gasteiger partial charge is 0.294 e. The lowest BCUT2D eigenvalue weighted by Gasteiger charge is -2.05. The SMILES string of the molecule is O=C1CCCCC=C1c1ccccc1[N+](=O)[O-]. The predicted molar refractivity (Wildman–Crippen MR) is 64.5 cm³/mol. The van der Waals surface area contributed by atoms with Crippen LogP contribution < -0.4 is 0 Å². The highest BCUT2D eigenvalue weighted by Crippen LogP contribution is 2.29. The van der Waals surface area contributed by atoms with E-state index < -0.39 is 4.92 Å². The van der Waals surface area contributed by atoms with Gasteiger partial charge in [0.05, 0.1) is 10.5 Å². The van der Waals surface area contributed by atoms with E-state index >= 15 is 0 Å². The van der Waals surface area contributed by atoms with Crippen LogP contribution in [0.5, 0.6) is 0 Å². The normalized spacial score (nSPS) is 16.2. The first kappa shape index (κ1) is 11.5. The fraction of sp³-hybridized carbons (Fsp3) is 0.308. The average molecular weight is 231 g/mol. The van der Waals surface area contributed by atoms with E-state index in [1.165, 1.54) is 6.07 Å². The Kier molecular flexibility index (Phi) is 3.32.